The Balaban J connectivity index is 1.84. The van der Waals surface area contributed by atoms with E-state index in [0.29, 0.717) is 0 Å². The molecule has 20 heavy (non-hydrogen) atoms. The van der Waals surface area contributed by atoms with Gasteiger partial charge in [-0.25, -0.2) is 25.9 Å². The highest BCUT2D eigenvalue weighted by Crippen LogP contribution is 2.85. The minimum absolute atomic E-state index is 0.0248. The molecule has 0 unspecified atom stereocenters. The summed E-state index contributed by atoms with van der Waals surface area (Å²) in [6.45, 7) is 4.86. The van der Waals surface area contributed by atoms with Gasteiger partial charge in [0.2, 0.25) is 0 Å². The zero-order valence-electron chi connectivity index (χ0n) is 11.0. The average Bonchev–Trinajstić information content (AvgIpc) is 2.34. The molecule has 2 heterocycles. The largest absolute Gasteiger partial charge is 0.355 e. The monoisotopic (exact) mass is 386 g/mol. The molecule has 9 nitrogen and oxygen atoms in total. The Labute approximate surface area is 119 Å². The summed E-state index contributed by atoms with van der Waals surface area (Å²) in [7, 11) is -13.6. The highest BCUT2D eigenvalue weighted by molar-refractivity contribution is 7.81. The van der Waals surface area contributed by atoms with Crippen molar-refractivity contribution in [1.29, 1.82) is 0 Å². The summed E-state index contributed by atoms with van der Waals surface area (Å²) in [4.78, 5) is 0. The highest BCUT2D eigenvalue weighted by atomic mass is 31.3. The Morgan fingerprint density at radius 2 is 1.25 bits per heavy atom. The summed E-state index contributed by atoms with van der Waals surface area (Å²) >= 11 is 0. The van der Waals surface area contributed by atoms with Crippen molar-refractivity contribution in [2.75, 3.05) is 18.5 Å². The predicted octanol–water partition coefficient (Wildman–Crippen LogP) is 5.21. The Morgan fingerprint density at radius 3 is 1.50 bits per heavy atom. The third-order valence-electron chi connectivity index (χ3n) is 2.31. The van der Waals surface area contributed by atoms with Crippen LogP contribution in [0.15, 0.2) is 0 Å². The van der Waals surface area contributed by atoms with Gasteiger partial charge in [-0.3, -0.25) is 13.7 Å². The lowest BCUT2D eigenvalue weighted by atomic mass is 11.0. The Hall–Kier alpha value is 1.31. The van der Waals surface area contributed by atoms with E-state index in [1.54, 1.807) is 20.8 Å². The van der Waals surface area contributed by atoms with E-state index in [2.05, 4.69) is 0 Å². The van der Waals surface area contributed by atoms with Gasteiger partial charge in [-0.15, -0.1) is 0 Å². The van der Waals surface area contributed by atoms with Gasteiger partial charge in [-0.1, -0.05) is 20.8 Å². The minimum atomic E-state index is -3.56. The number of hydrogen-bond acceptors (Lipinski definition) is 9. The van der Waals surface area contributed by atoms with Gasteiger partial charge in [0.25, 0.3) is 0 Å². The van der Waals surface area contributed by atoms with Crippen LogP contribution in [0.5, 0.6) is 0 Å². The standard InChI is InChI=1S/C6H15O9P5/c1-4-18(7)10-16(11-18)14-20(9,6-3)15-17-12-19(8,5-2)13-17/h4-6H2,1-3H3. The first-order valence-corrected chi connectivity index (χ1v) is 13.2. The van der Waals surface area contributed by atoms with Crippen molar-refractivity contribution in [3.63, 3.8) is 0 Å². The van der Waals surface area contributed by atoms with Crippen LogP contribution in [-0.4, -0.2) is 18.5 Å². The van der Waals surface area contributed by atoms with Crippen LogP contribution < -0.4 is 0 Å². The molecule has 2 rings (SSSR count). The van der Waals surface area contributed by atoms with Crippen molar-refractivity contribution in [2.45, 2.75) is 20.8 Å². The molecule has 0 aliphatic carbocycles. The second kappa shape index (κ2) is 6.43. The van der Waals surface area contributed by atoms with E-state index in [9.17, 15) is 13.7 Å². The number of rotatable bonds is 7. The molecule has 0 atom stereocenters. The second-order valence-corrected chi connectivity index (χ2v) is 14.1. The van der Waals surface area contributed by atoms with Crippen LogP contribution in [0.4, 0.5) is 0 Å². The first kappa shape index (κ1) is 17.7. The van der Waals surface area contributed by atoms with Gasteiger partial charge >= 0.3 is 40.0 Å². The summed E-state index contributed by atoms with van der Waals surface area (Å²) in [6, 6.07) is 0. The molecule has 2 aliphatic heterocycles. The van der Waals surface area contributed by atoms with E-state index in [1.807, 2.05) is 0 Å². The zero-order chi connectivity index (χ0) is 15.0. The molecular weight excluding hydrogens is 371 g/mol. The zero-order valence-corrected chi connectivity index (χ0v) is 15.5. The van der Waals surface area contributed by atoms with Gasteiger partial charge in [-0.2, -0.15) is 0 Å². The Bertz CT molecular complexity index is 447. The summed E-state index contributed by atoms with van der Waals surface area (Å²) < 4.78 is 65.3. The first-order valence-electron chi connectivity index (χ1n) is 5.81. The minimum Gasteiger partial charge on any atom is -0.259 e. The SMILES string of the molecule is CCP1(=O)OP(OP(=O)(CC)OP2OP(=O)(CC)O2)O1. The van der Waals surface area contributed by atoms with Crippen LogP contribution in [0.2, 0.25) is 0 Å². The third kappa shape index (κ3) is 3.98. The van der Waals surface area contributed by atoms with Crippen molar-refractivity contribution in [1.82, 2.24) is 0 Å². The molecule has 118 valence electrons. The fourth-order valence-electron chi connectivity index (χ4n) is 1.04. The van der Waals surface area contributed by atoms with Gasteiger partial charge in [0.05, 0.1) is 0 Å². The van der Waals surface area contributed by atoms with E-state index >= 15 is 0 Å². The van der Waals surface area contributed by atoms with E-state index in [4.69, 9.17) is 25.9 Å². The maximum atomic E-state index is 12.3. The van der Waals surface area contributed by atoms with Gasteiger partial charge in [0.15, 0.2) is 0 Å². The predicted molar refractivity (Wildman–Crippen MR) is 74.8 cm³/mol. The normalized spacial score (nSPS) is 43.4. The van der Waals surface area contributed by atoms with E-state index in [0.717, 1.165) is 0 Å². The summed E-state index contributed by atoms with van der Waals surface area (Å²) in [6.07, 6.45) is 0.452. The highest BCUT2D eigenvalue weighted by Gasteiger charge is 2.52. The molecule has 0 N–H and O–H groups in total. The summed E-state index contributed by atoms with van der Waals surface area (Å²) in [5.74, 6) is 0. The maximum absolute atomic E-state index is 12.3. The second-order valence-electron chi connectivity index (χ2n) is 3.72. The van der Waals surface area contributed by atoms with Crippen LogP contribution in [0.25, 0.3) is 0 Å². The van der Waals surface area contributed by atoms with Crippen LogP contribution in [0.1, 0.15) is 20.8 Å². The van der Waals surface area contributed by atoms with E-state index in [1.165, 1.54) is 0 Å². The quantitative estimate of drug-likeness (QED) is 0.545. The molecule has 2 saturated heterocycles. The Kier molecular flexibility index (Phi) is 5.68. The number of hydrogen-bond donors (Lipinski definition) is 0. The van der Waals surface area contributed by atoms with Crippen molar-refractivity contribution >= 4 is 40.0 Å². The molecule has 14 heteroatoms. The Morgan fingerprint density at radius 1 is 0.900 bits per heavy atom. The summed E-state index contributed by atoms with van der Waals surface area (Å²) in [5.41, 5.74) is 0. The fraction of sp³-hybridized carbons (Fsp3) is 1.00. The molecule has 0 aromatic heterocycles. The molecule has 2 aliphatic rings. The van der Waals surface area contributed by atoms with Crippen LogP contribution in [0, 0.1) is 0 Å². The van der Waals surface area contributed by atoms with Crippen LogP contribution >= 0.6 is 40.0 Å². The van der Waals surface area contributed by atoms with Crippen molar-refractivity contribution in [2.24, 2.45) is 0 Å². The molecule has 2 fully saturated rings. The van der Waals surface area contributed by atoms with Crippen LogP contribution in [0.3, 0.4) is 0 Å². The van der Waals surface area contributed by atoms with E-state index in [-0.39, 0.29) is 18.5 Å². The smallest absolute Gasteiger partial charge is 0.259 e. The fourth-order valence-corrected chi connectivity index (χ4v) is 10.7. The van der Waals surface area contributed by atoms with Crippen molar-refractivity contribution < 1.29 is 39.6 Å². The van der Waals surface area contributed by atoms with Gasteiger partial charge < -0.3 is 0 Å². The summed E-state index contributed by atoms with van der Waals surface area (Å²) in [5, 5.41) is 0. The molecule has 0 spiro atoms. The van der Waals surface area contributed by atoms with Crippen LogP contribution in [-0.2, 0) is 39.6 Å². The lowest BCUT2D eigenvalue weighted by Crippen LogP contribution is -2.08. The first-order chi connectivity index (χ1) is 9.25. The molecule has 0 aromatic rings. The van der Waals surface area contributed by atoms with Crippen molar-refractivity contribution in [3.8, 4) is 0 Å². The van der Waals surface area contributed by atoms with E-state index < -0.39 is 40.0 Å². The molecule has 0 amide bonds. The maximum Gasteiger partial charge on any atom is 0.355 e. The average molecular weight is 386 g/mol. The molecular formula is C6H15O9P5. The van der Waals surface area contributed by atoms with Crippen molar-refractivity contribution in [3.05, 3.63) is 0 Å². The van der Waals surface area contributed by atoms with Gasteiger partial charge in [0, 0.05) is 18.5 Å². The molecule has 0 aromatic carbocycles. The lowest BCUT2D eigenvalue weighted by molar-refractivity contribution is 0.247. The van der Waals surface area contributed by atoms with Gasteiger partial charge in [-0.05, 0) is 0 Å². The lowest BCUT2D eigenvalue weighted by Gasteiger charge is -2.36. The molecule has 0 bridgehead atoms. The molecule has 0 radical (unpaired) electrons. The molecule has 0 saturated carbocycles. The topological polar surface area (TPSA) is 107 Å². The third-order valence-corrected chi connectivity index (χ3v) is 13.8. The van der Waals surface area contributed by atoms with Gasteiger partial charge in [0.1, 0.15) is 0 Å².